The van der Waals surface area contributed by atoms with Crippen molar-refractivity contribution in [3.05, 3.63) is 59.7 Å². The van der Waals surface area contributed by atoms with E-state index >= 15 is 0 Å². The van der Waals surface area contributed by atoms with Crippen LogP contribution in [0, 0.1) is 5.92 Å². The Morgan fingerprint density at radius 1 is 1.00 bits per heavy atom. The lowest BCUT2D eigenvalue weighted by Crippen LogP contribution is -2.37. The molecule has 0 bridgehead atoms. The van der Waals surface area contributed by atoms with E-state index in [-0.39, 0.29) is 23.8 Å². The Bertz CT molecular complexity index is 927. The monoisotopic (exact) mass is 389 g/mol. The minimum atomic E-state index is -0.230. The van der Waals surface area contributed by atoms with E-state index in [0.29, 0.717) is 19.5 Å². The number of amides is 2. The number of hydrogen-bond acceptors (Lipinski definition) is 3. The summed E-state index contributed by atoms with van der Waals surface area (Å²) in [5.41, 5.74) is 4.81. The normalized spacial score (nSPS) is 23.5. The predicted molar refractivity (Wildman–Crippen MR) is 114 cm³/mol. The third kappa shape index (κ3) is 3.61. The number of likely N-dealkylation sites (tertiary alicyclic amines) is 1. The number of hydrogen-bond donors (Lipinski definition) is 1. The first kappa shape index (κ1) is 18.2. The van der Waals surface area contributed by atoms with Crippen LogP contribution in [0.3, 0.4) is 0 Å². The third-order valence-electron chi connectivity index (χ3n) is 6.51. The van der Waals surface area contributed by atoms with Gasteiger partial charge >= 0.3 is 0 Å². The minimum Gasteiger partial charge on any atom is -0.380 e. The first-order valence-electron chi connectivity index (χ1n) is 10.7. The van der Waals surface area contributed by atoms with Crippen LogP contribution >= 0.6 is 0 Å². The number of aryl methyl sites for hydroxylation is 2. The van der Waals surface area contributed by atoms with Crippen molar-refractivity contribution in [2.24, 2.45) is 5.92 Å². The molecule has 2 aromatic rings. The number of carbonyl (C=O) groups excluding carboxylic acids is 2. The highest BCUT2D eigenvalue weighted by Gasteiger charge is 2.39. The number of carbonyl (C=O) groups is 2. The second-order valence-electron chi connectivity index (χ2n) is 8.49. The van der Waals surface area contributed by atoms with Gasteiger partial charge in [0.1, 0.15) is 0 Å². The highest BCUT2D eigenvalue weighted by Crippen LogP contribution is 2.31. The SMILES string of the molecule is O=C(C1CC(=O)N(c2ccc3c(c2)CCC3)C1)N1CCC(Nc2ccccc2)C1. The van der Waals surface area contributed by atoms with Gasteiger partial charge < -0.3 is 15.1 Å². The summed E-state index contributed by atoms with van der Waals surface area (Å²) in [7, 11) is 0. The lowest BCUT2D eigenvalue weighted by molar-refractivity contribution is -0.134. The van der Waals surface area contributed by atoms with Crippen LogP contribution in [0.2, 0.25) is 0 Å². The molecule has 2 aliphatic heterocycles. The summed E-state index contributed by atoms with van der Waals surface area (Å²) in [5.74, 6) is -0.0370. The molecule has 0 radical (unpaired) electrons. The van der Waals surface area contributed by atoms with Crippen LogP contribution in [0.1, 0.15) is 30.4 Å². The molecule has 1 N–H and O–H groups in total. The first-order valence-corrected chi connectivity index (χ1v) is 10.7. The molecule has 0 aromatic heterocycles. The van der Waals surface area contributed by atoms with E-state index in [1.165, 1.54) is 17.5 Å². The van der Waals surface area contributed by atoms with Gasteiger partial charge in [-0.05, 0) is 61.1 Å². The Morgan fingerprint density at radius 3 is 2.69 bits per heavy atom. The summed E-state index contributed by atoms with van der Waals surface area (Å²) in [6.45, 7) is 1.97. The quantitative estimate of drug-likeness (QED) is 0.873. The molecule has 0 saturated carbocycles. The second-order valence-corrected chi connectivity index (χ2v) is 8.49. The summed E-state index contributed by atoms with van der Waals surface area (Å²) in [6, 6.07) is 16.7. The van der Waals surface area contributed by atoms with Crippen LogP contribution < -0.4 is 10.2 Å². The lowest BCUT2D eigenvalue weighted by Gasteiger charge is -2.22. The van der Waals surface area contributed by atoms with E-state index < -0.39 is 0 Å². The molecule has 5 rings (SSSR count). The summed E-state index contributed by atoms with van der Waals surface area (Å²) in [6.07, 6.45) is 4.69. The molecular weight excluding hydrogens is 362 g/mol. The van der Waals surface area contributed by atoms with E-state index in [0.717, 1.165) is 37.2 Å². The molecule has 5 nitrogen and oxygen atoms in total. The lowest BCUT2D eigenvalue weighted by atomic mass is 10.1. The molecule has 5 heteroatoms. The fourth-order valence-electron chi connectivity index (χ4n) is 4.96. The molecule has 2 saturated heterocycles. The zero-order valence-corrected chi connectivity index (χ0v) is 16.6. The molecular formula is C24H27N3O2. The smallest absolute Gasteiger partial charge is 0.228 e. The van der Waals surface area contributed by atoms with Crippen molar-refractivity contribution < 1.29 is 9.59 Å². The molecule has 2 aromatic carbocycles. The van der Waals surface area contributed by atoms with Crippen molar-refractivity contribution in [2.45, 2.75) is 38.1 Å². The fourth-order valence-corrected chi connectivity index (χ4v) is 4.96. The number of benzene rings is 2. The number of anilines is 2. The van der Waals surface area contributed by atoms with Crippen LogP contribution in [0.5, 0.6) is 0 Å². The van der Waals surface area contributed by atoms with Gasteiger partial charge in [0.2, 0.25) is 11.8 Å². The van der Waals surface area contributed by atoms with Gasteiger partial charge in [-0.2, -0.15) is 0 Å². The molecule has 3 aliphatic rings. The van der Waals surface area contributed by atoms with Crippen molar-refractivity contribution in [2.75, 3.05) is 29.9 Å². The van der Waals surface area contributed by atoms with Crippen LogP contribution in [0.15, 0.2) is 48.5 Å². The maximum absolute atomic E-state index is 13.1. The summed E-state index contributed by atoms with van der Waals surface area (Å²) in [4.78, 5) is 29.5. The van der Waals surface area contributed by atoms with Crippen molar-refractivity contribution in [1.82, 2.24) is 4.90 Å². The Labute approximate surface area is 171 Å². The van der Waals surface area contributed by atoms with Crippen molar-refractivity contribution in [1.29, 1.82) is 0 Å². The Hall–Kier alpha value is -2.82. The Morgan fingerprint density at radius 2 is 1.83 bits per heavy atom. The third-order valence-corrected chi connectivity index (χ3v) is 6.51. The van der Waals surface area contributed by atoms with Gasteiger partial charge in [0, 0.05) is 43.5 Å². The first-order chi connectivity index (χ1) is 14.2. The molecule has 2 fully saturated rings. The fraction of sp³-hybridized carbons (Fsp3) is 0.417. The van der Waals surface area contributed by atoms with Crippen LogP contribution in [0.4, 0.5) is 11.4 Å². The summed E-state index contributed by atoms with van der Waals surface area (Å²) in [5, 5.41) is 3.51. The average molecular weight is 389 g/mol. The molecule has 0 spiro atoms. The summed E-state index contributed by atoms with van der Waals surface area (Å²) < 4.78 is 0. The second kappa shape index (κ2) is 7.54. The van der Waals surface area contributed by atoms with Crippen LogP contribution in [-0.4, -0.2) is 42.4 Å². The van der Waals surface area contributed by atoms with Crippen LogP contribution in [0.25, 0.3) is 0 Å². The van der Waals surface area contributed by atoms with Gasteiger partial charge in [-0.15, -0.1) is 0 Å². The molecule has 150 valence electrons. The molecule has 2 unspecified atom stereocenters. The van der Waals surface area contributed by atoms with Gasteiger partial charge in [0.25, 0.3) is 0 Å². The Kier molecular flexibility index (Phi) is 4.74. The number of nitrogens with one attached hydrogen (secondary N) is 1. The number of fused-ring (bicyclic) bond motifs is 1. The largest absolute Gasteiger partial charge is 0.380 e. The van der Waals surface area contributed by atoms with Crippen LogP contribution in [-0.2, 0) is 22.4 Å². The highest BCUT2D eigenvalue weighted by atomic mass is 16.2. The van der Waals surface area contributed by atoms with E-state index in [4.69, 9.17) is 0 Å². The highest BCUT2D eigenvalue weighted by molar-refractivity contribution is 6.00. The molecule has 2 atom stereocenters. The zero-order valence-electron chi connectivity index (χ0n) is 16.6. The summed E-state index contributed by atoms with van der Waals surface area (Å²) >= 11 is 0. The topological polar surface area (TPSA) is 52.7 Å². The minimum absolute atomic E-state index is 0.0689. The standard InChI is InChI=1S/C24H27N3O2/c28-23-14-19(15-27(23)22-10-9-17-5-4-6-18(17)13-22)24(29)26-12-11-21(16-26)25-20-7-2-1-3-8-20/h1-3,7-10,13,19,21,25H,4-6,11-12,14-16H2. The van der Waals surface area contributed by atoms with Crippen molar-refractivity contribution in [3.8, 4) is 0 Å². The number of nitrogens with zero attached hydrogens (tertiary/aromatic N) is 2. The number of para-hydroxylation sites is 1. The predicted octanol–water partition coefficient (Wildman–Crippen LogP) is 3.24. The maximum atomic E-state index is 13.1. The number of rotatable bonds is 4. The van der Waals surface area contributed by atoms with Crippen molar-refractivity contribution in [3.63, 3.8) is 0 Å². The molecule has 29 heavy (non-hydrogen) atoms. The van der Waals surface area contributed by atoms with E-state index in [1.54, 1.807) is 0 Å². The van der Waals surface area contributed by atoms with Gasteiger partial charge in [-0.1, -0.05) is 24.3 Å². The zero-order chi connectivity index (χ0) is 19.8. The Balaban J connectivity index is 1.22. The van der Waals surface area contributed by atoms with Gasteiger partial charge in [0.05, 0.1) is 5.92 Å². The van der Waals surface area contributed by atoms with E-state index in [2.05, 4.69) is 29.6 Å². The van der Waals surface area contributed by atoms with E-state index in [9.17, 15) is 9.59 Å². The maximum Gasteiger partial charge on any atom is 0.228 e. The van der Waals surface area contributed by atoms with Gasteiger partial charge in [0.15, 0.2) is 0 Å². The van der Waals surface area contributed by atoms with Gasteiger partial charge in [-0.3, -0.25) is 9.59 Å². The average Bonchev–Trinajstić information content (AvgIpc) is 3.47. The molecule has 2 amide bonds. The molecule has 2 heterocycles. The van der Waals surface area contributed by atoms with E-state index in [1.807, 2.05) is 34.1 Å². The van der Waals surface area contributed by atoms with Gasteiger partial charge in [-0.25, -0.2) is 0 Å². The van der Waals surface area contributed by atoms with Crippen molar-refractivity contribution >= 4 is 23.2 Å². The molecule has 1 aliphatic carbocycles.